The Morgan fingerprint density at radius 1 is 1.41 bits per heavy atom. The Morgan fingerprint density at radius 2 is 2.18 bits per heavy atom. The van der Waals surface area contributed by atoms with E-state index in [1.54, 1.807) is 18.2 Å². The summed E-state index contributed by atoms with van der Waals surface area (Å²) < 4.78 is 0. The van der Waals surface area contributed by atoms with E-state index in [0.29, 0.717) is 11.6 Å². The third-order valence-corrected chi connectivity index (χ3v) is 3.14. The van der Waals surface area contributed by atoms with E-state index < -0.39 is 0 Å². The first-order valence-corrected chi connectivity index (χ1v) is 5.99. The van der Waals surface area contributed by atoms with Crippen LogP contribution in [0.25, 0.3) is 0 Å². The summed E-state index contributed by atoms with van der Waals surface area (Å²) >= 11 is 0. The van der Waals surface area contributed by atoms with Crippen LogP contribution in [-0.2, 0) is 0 Å². The van der Waals surface area contributed by atoms with Gasteiger partial charge >= 0.3 is 0 Å². The molecule has 1 aliphatic heterocycles. The van der Waals surface area contributed by atoms with Crippen LogP contribution < -0.4 is 10.6 Å². The molecule has 3 N–H and O–H groups in total. The Bertz CT molecular complexity index is 398. The molecule has 0 aromatic heterocycles. The first-order chi connectivity index (χ1) is 8.16. The second-order valence-electron chi connectivity index (χ2n) is 4.57. The number of rotatable bonds is 2. The van der Waals surface area contributed by atoms with Gasteiger partial charge in [0.15, 0.2) is 0 Å². The lowest BCUT2D eigenvalue weighted by Crippen LogP contribution is -2.48. The molecule has 2 atom stereocenters. The number of phenolic OH excluding ortho intramolecular Hbond substituents is 1. The fourth-order valence-electron chi connectivity index (χ4n) is 2.05. The zero-order valence-corrected chi connectivity index (χ0v) is 9.94. The van der Waals surface area contributed by atoms with Crippen LogP contribution in [0.2, 0.25) is 0 Å². The first kappa shape index (κ1) is 11.9. The van der Waals surface area contributed by atoms with E-state index in [4.69, 9.17) is 0 Å². The normalized spacial score (nSPS) is 24.3. The molecule has 4 heteroatoms. The lowest BCUT2D eigenvalue weighted by Gasteiger charge is -2.28. The van der Waals surface area contributed by atoms with Crippen LogP contribution in [0.15, 0.2) is 24.3 Å². The van der Waals surface area contributed by atoms with Crippen molar-refractivity contribution in [2.24, 2.45) is 0 Å². The predicted molar refractivity (Wildman–Crippen MR) is 66.1 cm³/mol. The molecule has 0 spiro atoms. The van der Waals surface area contributed by atoms with E-state index >= 15 is 0 Å². The van der Waals surface area contributed by atoms with Crippen LogP contribution in [0.3, 0.4) is 0 Å². The molecule has 0 radical (unpaired) electrons. The highest BCUT2D eigenvalue weighted by Crippen LogP contribution is 2.16. The Morgan fingerprint density at radius 3 is 2.82 bits per heavy atom. The number of hydrogen-bond acceptors (Lipinski definition) is 3. The second-order valence-corrected chi connectivity index (χ2v) is 4.57. The van der Waals surface area contributed by atoms with Crippen LogP contribution in [0, 0.1) is 0 Å². The summed E-state index contributed by atoms with van der Waals surface area (Å²) in [6, 6.07) is 7.28. The molecular weight excluding hydrogens is 216 g/mol. The summed E-state index contributed by atoms with van der Waals surface area (Å²) in [6.07, 6.45) is 2.04. The molecule has 1 aromatic rings. The third-order valence-electron chi connectivity index (χ3n) is 3.14. The summed E-state index contributed by atoms with van der Waals surface area (Å²) in [4.78, 5) is 11.9. The van der Waals surface area contributed by atoms with Gasteiger partial charge in [-0.3, -0.25) is 4.79 Å². The van der Waals surface area contributed by atoms with Gasteiger partial charge in [0.25, 0.3) is 5.91 Å². The maximum atomic E-state index is 11.9. The molecule has 0 bridgehead atoms. The molecular formula is C13H18N2O2. The van der Waals surface area contributed by atoms with E-state index in [1.807, 2.05) is 0 Å². The van der Waals surface area contributed by atoms with Gasteiger partial charge in [0.05, 0.1) is 5.56 Å². The van der Waals surface area contributed by atoms with Crippen molar-refractivity contribution in [3.63, 3.8) is 0 Å². The molecule has 1 fully saturated rings. The van der Waals surface area contributed by atoms with Gasteiger partial charge in [0.2, 0.25) is 0 Å². The van der Waals surface area contributed by atoms with Crippen LogP contribution in [-0.4, -0.2) is 29.6 Å². The lowest BCUT2D eigenvalue weighted by atomic mass is 10.0. The van der Waals surface area contributed by atoms with E-state index in [9.17, 15) is 9.90 Å². The van der Waals surface area contributed by atoms with Gasteiger partial charge in [-0.1, -0.05) is 12.1 Å². The van der Waals surface area contributed by atoms with Crippen molar-refractivity contribution in [2.45, 2.75) is 31.8 Å². The lowest BCUT2D eigenvalue weighted by molar-refractivity contribution is 0.0925. The number of amides is 1. The minimum absolute atomic E-state index is 0.0298. The van der Waals surface area contributed by atoms with Gasteiger partial charge in [-0.05, 0) is 31.9 Å². The molecule has 1 heterocycles. The van der Waals surface area contributed by atoms with Gasteiger partial charge in [-0.25, -0.2) is 0 Å². The predicted octanol–water partition coefficient (Wildman–Crippen LogP) is 1.26. The third kappa shape index (κ3) is 2.97. The number of carbonyl (C=O) groups is 1. The SMILES string of the molecule is CC1CCC(NC(=O)c2ccccc2O)CN1. The van der Waals surface area contributed by atoms with Crippen LogP contribution in [0.4, 0.5) is 0 Å². The average Bonchev–Trinajstić information content (AvgIpc) is 2.32. The molecule has 17 heavy (non-hydrogen) atoms. The number of piperidine rings is 1. The Labute approximate surface area is 101 Å². The maximum Gasteiger partial charge on any atom is 0.255 e. The summed E-state index contributed by atoms with van der Waals surface area (Å²) in [5.74, 6) is -0.174. The van der Waals surface area contributed by atoms with Crippen LogP contribution in [0.5, 0.6) is 5.75 Å². The fourth-order valence-corrected chi connectivity index (χ4v) is 2.05. The minimum Gasteiger partial charge on any atom is -0.507 e. The molecule has 92 valence electrons. The summed E-state index contributed by atoms with van der Waals surface area (Å²) in [7, 11) is 0. The monoisotopic (exact) mass is 234 g/mol. The molecule has 1 aliphatic rings. The summed E-state index contributed by atoms with van der Waals surface area (Å²) in [5, 5.41) is 15.8. The topological polar surface area (TPSA) is 61.4 Å². The minimum atomic E-state index is -0.204. The summed E-state index contributed by atoms with van der Waals surface area (Å²) in [6.45, 7) is 2.93. The molecule has 0 aliphatic carbocycles. The zero-order chi connectivity index (χ0) is 12.3. The van der Waals surface area contributed by atoms with Gasteiger partial charge in [-0.2, -0.15) is 0 Å². The van der Waals surface area contributed by atoms with Crippen LogP contribution in [0.1, 0.15) is 30.1 Å². The average molecular weight is 234 g/mol. The van der Waals surface area contributed by atoms with Gasteiger partial charge in [-0.15, -0.1) is 0 Å². The van der Waals surface area contributed by atoms with Crippen molar-refractivity contribution in [3.05, 3.63) is 29.8 Å². The molecule has 2 rings (SSSR count). The smallest absolute Gasteiger partial charge is 0.255 e. The molecule has 4 nitrogen and oxygen atoms in total. The van der Waals surface area contributed by atoms with Crippen molar-refractivity contribution in [3.8, 4) is 5.75 Å². The highest BCUT2D eigenvalue weighted by Gasteiger charge is 2.20. The van der Waals surface area contributed by atoms with E-state index in [0.717, 1.165) is 19.4 Å². The van der Waals surface area contributed by atoms with Crippen molar-refractivity contribution >= 4 is 5.91 Å². The largest absolute Gasteiger partial charge is 0.507 e. The Kier molecular flexibility index (Phi) is 3.64. The number of nitrogens with one attached hydrogen (secondary N) is 2. The molecule has 1 aromatic carbocycles. The number of para-hydroxylation sites is 1. The molecule has 0 saturated carbocycles. The molecule has 1 amide bonds. The van der Waals surface area contributed by atoms with Crippen LogP contribution >= 0.6 is 0 Å². The second kappa shape index (κ2) is 5.19. The van der Waals surface area contributed by atoms with Gasteiger partial charge in [0, 0.05) is 18.6 Å². The molecule has 2 unspecified atom stereocenters. The first-order valence-electron chi connectivity index (χ1n) is 5.99. The van der Waals surface area contributed by atoms with E-state index in [-0.39, 0.29) is 17.7 Å². The highest BCUT2D eigenvalue weighted by molar-refractivity contribution is 5.96. The van der Waals surface area contributed by atoms with Crippen molar-refractivity contribution in [2.75, 3.05) is 6.54 Å². The number of benzene rings is 1. The van der Waals surface area contributed by atoms with Crippen molar-refractivity contribution < 1.29 is 9.90 Å². The fraction of sp³-hybridized carbons (Fsp3) is 0.462. The highest BCUT2D eigenvalue weighted by atomic mass is 16.3. The van der Waals surface area contributed by atoms with E-state index in [2.05, 4.69) is 17.6 Å². The van der Waals surface area contributed by atoms with Crippen molar-refractivity contribution in [1.29, 1.82) is 0 Å². The van der Waals surface area contributed by atoms with E-state index in [1.165, 1.54) is 6.07 Å². The van der Waals surface area contributed by atoms with Gasteiger partial charge < -0.3 is 15.7 Å². The zero-order valence-electron chi connectivity index (χ0n) is 9.94. The van der Waals surface area contributed by atoms with Gasteiger partial charge in [0.1, 0.15) is 5.75 Å². The number of aromatic hydroxyl groups is 1. The maximum absolute atomic E-state index is 11.9. The number of hydrogen-bond donors (Lipinski definition) is 3. The quantitative estimate of drug-likeness (QED) is 0.722. The molecule has 1 saturated heterocycles. The number of phenols is 1. The standard InChI is InChI=1S/C13H18N2O2/c1-9-6-7-10(8-14-9)15-13(17)11-4-2-3-5-12(11)16/h2-5,9-10,14,16H,6-8H2,1H3,(H,15,17). The Hall–Kier alpha value is -1.55. The number of carbonyl (C=O) groups excluding carboxylic acids is 1. The van der Waals surface area contributed by atoms with Crippen molar-refractivity contribution in [1.82, 2.24) is 10.6 Å². The summed E-state index contributed by atoms with van der Waals surface area (Å²) in [5.41, 5.74) is 0.339. The Balaban J connectivity index is 1.96.